The minimum absolute atomic E-state index is 0.0278. The van der Waals surface area contributed by atoms with Gasteiger partial charge in [-0.3, -0.25) is 0 Å². The van der Waals surface area contributed by atoms with E-state index in [4.69, 9.17) is 0 Å². The lowest BCUT2D eigenvalue weighted by atomic mass is 9.92. The molecule has 0 fully saturated rings. The van der Waals surface area contributed by atoms with Crippen molar-refractivity contribution in [2.24, 2.45) is 5.92 Å². The van der Waals surface area contributed by atoms with E-state index < -0.39 is 24.3 Å². The number of halogens is 7. The summed E-state index contributed by atoms with van der Waals surface area (Å²) in [5.74, 6) is -3.43. The molecule has 1 aromatic rings. The van der Waals surface area contributed by atoms with Crippen molar-refractivity contribution in [3.63, 3.8) is 0 Å². The average molecular weight is 398 g/mol. The van der Waals surface area contributed by atoms with Gasteiger partial charge in [-0.15, -0.1) is 11.3 Å². The number of thiophene rings is 1. The van der Waals surface area contributed by atoms with E-state index in [0.29, 0.717) is 15.1 Å². The second-order valence-corrected chi connectivity index (χ2v) is 7.19. The van der Waals surface area contributed by atoms with Gasteiger partial charge in [-0.05, 0) is 47.4 Å². The molecule has 1 unspecified atom stereocenters. The molecule has 0 saturated heterocycles. The number of nitrogens with one attached hydrogen (secondary N) is 1. The first-order valence-corrected chi connectivity index (χ1v) is 7.72. The van der Waals surface area contributed by atoms with Crippen molar-refractivity contribution in [3.8, 4) is 0 Å². The fourth-order valence-electron chi connectivity index (χ4n) is 2.04. The van der Waals surface area contributed by atoms with Gasteiger partial charge in [0.25, 0.3) is 0 Å². The largest absolute Gasteiger partial charge is 0.402 e. The molecule has 0 saturated carbocycles. The fraction of sp³-hybridized carbons (Fsp3) is 0.667. The van der Waals surface area contributed by atoms with E-state index in [9.17, 15) is 26.3 Å². The monoisotopic (exact) mass is 397 g/mol. The van der Waals surface area contributed by atoms with Gasteiger partial charge in [0, 0.05) is 4.88 Å². The van der Waals surface area contributed by atoms with E-state index >= 15 is 0 Å². The third-order valence-electron chi connectivity index (χ3n) is 2.91. The standard InChI is InChI=1S/C12H14BrF6NS/c1-3-4-20-9(7-5-8(13)21-6(7)2)10(11(14,15)16)12(17,18)19/h5,9-10,20H,3-4H2,1-2H3. The van der Waals surface area contributed by atoms with Crippen LogP contribution in [0.1, 0.15) is 29.8 Å². The minimum Gasteiger partial charge on any atom is -0.309 e. The van der Waals surface area contributed by atoms with Crippen LogP contribution in [0.25, 0.3) is 0 Å². The van der Waals surface area contributed by atoms with Crippen LogP contribution in [0.5, 0.6) is 0 Å². The predicted octanol–water partition coefficient (Wildman–Crippen LogP) is 5.60. The number of hydrogen-bond acceptors (Lipinski definition) is 2. The maximum atomic E-state index is 12.9. The highest BCUT2D eigenvalue weighted by Gasteiger charge is 2.60. The van der Waals surface area contributed by atoms with Gasteiger partial charge in [0.2, 0.25) is 0 Å². The van der Waals surface area contributed by atoms with Gasteiger partial charge in [-0.25, -0.2) is 0 Å². The van der Waals surface area contributed by atoms with Crippen molar-refractivity contribution in [3.05, 3.63) is 20.3 Å². The van der Waals surface area contributed by atoms with Crippen molar-refractivity contribution in [2.45, 2.75) is 38.7 Å². The maximum absolute atomic E-state index is 12.9. The molecule has 122 valence electrons. The van der Waals surface area contributed by atoms with Crippen LogP contribution in [0.3, 0.4) is 0 Å². The Hall–Kier alpha value is -0.280. The first-order chi connectivity index (χ1) is 9.48. The number of alkyl halides is 6. The van der Waals surface area contributed by atoms with E-state index in [0.717, 1.165) is 11.3 Å². The predicted molar refractivity (Wildman–Crippen MR) is 73.4 cm³/mol. The highest BCUT2D eigenvalue weighted by atomic mass is 79.9. The highest BCUT2D eigenvalue weighted by Crippen LogP contribution is 2.48. The third-order valence-corrected chi connectivity index (χ3v) is 4.48. The molecule has 1 heterocycles. The van der Waals surface area contributed by atoms with Crippen LogP contribution in [0.15, 0.2) is 9.85 Å². The molecule has 0 bridgehead atoms. The average Bonchev–Trinajstić information content (AvgIpc) is 2.59. The summed E-state index contributed by atoms with van der Waals surface area (Å²) < 4.78 is 78.2. The lowest BCUT2D eigenvalue weighted by Gasteiger charge is -2.31. The second kappa shape index (κ2) is 6.87. The molecule has 1 nitrogen and oxygen atoms in total. The van der Waals surface area contributed by atoms with E-state index in [1.165, 1.54) is 13.0 Å². The van der Waals surface area contributed by atoms with Crippen LogP contribution in [0.4, 0.5) is 26.3 Å². The molecule has 1 N–H and O–H groups in total. The zero-order valence-electron chi connectivity index (χ0n) is 11.2. The summed E-state index contributed by atoms with van der Waals surface area (Å²) in [6, 6.07) is -0.523. The Kier molecular flexibility index (Phi) is 6.14. The van der Waals surface area contributed by atoms with Gasteiger partial charge >= 0.3 is 12.4 Å². The third kappa shape index (κ3) is 4.85. The number of hydrogen-bond donors (Lipinski definition) is 1. The molecule has 21 heavy (non-hydrogen) atoms. The molecule has 1 rings (SSSR count). The van der Waals surface area contributed by atoms with Crippen LogP contribution in [-0.4, -0.2) is 18.9 Å². The zero-order chi connectivity index (χ0) is 16.4. The van der Waals surface area contributed by atoms with Gasteiger partial charge in [-0.2, -0.15) is 26.3 Å². The van der Waals surface area contributed by atoms with Crippen molar-refractivity contribution >= 4 is 27.3 Å². The Labute approximate surface area is 130 Å². The quantitative estimate of drug-likeness (QED) is 0.637. The van der Waals surface area contributed by atoms with Gasteiger partial charge in [0.15, 0.2) is 5.92 Å². The van der Waals surface area contributed by atoms with Crippen LogP contribution >= 0.6 is 27.3 Å². The Morgan fingerprint density at radius 1 is 1.19 bits per heavy atom. The number of aryl methyl sites for hydroxylation is 1. The van der Waals surface area contributed by atoms with E-state index in [2.05, 4.69) is 21.2 Å². The van der Waals surface area contributed by atoms with Crippen molar-refractivity contribution in [1.29, 1.82) is 0 Å². The summed E-state index contributed by atoms with van der Waals surface area (Å²) in [5, 5.41) is 2.40. The summed E-state index contributed by atoms with van der Waals surface area (Å²) >= 11 is 4.21. The molecule has 0 aliphatic rings. The van der Waals surface area contributed by atoms with E-state index in [-0.39, 0.29) is 12.1 Å². The molecule has 0 aromatic carbocycles. The van der Waals surface area contributed by atoms with Crippen molar-refractivity contribution in [2.75, 3.05) is 6.54 Å². The first-order valence-electron chi connectivity index (χ1n) is 6.11. The summed E-state index contributed by atoms with van der Waals surface area (Å²) in [6.45, 7) is 3.26. The summed E-state index contributed by atoms with van der Waals surface area (Å²) in [6.07, 6.45) is -10.3. The molecular weight excluding hydrogens is 384 g/mol. The lowest BCUT2D eigenvalue weighted by molar-refractivity contribution is -0.292. The van der Waals surface area contributed by atoms with E-state index in [1.54, 1.807) is 6.92 Å². The fourth-order valence-corrected chi connectivity index (χ4v) is 3.80. The van der Waals surface area contributed by atoms with Crippen LogP contribution in [-0.2, 0) is 0 Å². The molecule has 1 atom stereocenters. The van der Waals surface area contributed by atoms with Gasteiger partial charge in [-0.1, -0.05) is 6.92 Å². The Balaban J connectivity index is 3.30. The minimum atomic E-state index is -5.37. The maximum Gasteiger partial charge on any atom is 0.402 e. The van der Waals surface area contributed by atoms with Gasteiger partial charge in [0.1, 0.15) is 0 Å². The molecule has 9 heteroatoms. The first kappa shape index (κ1) is 18.8. The number of rotatable bonds is 5. The molecule has 0 radical (unpaired) electrons. The van der Waals surface area contributed by atoms with Crippen molar-refractivity contribution < 1.29 is 26.3 Å². The molecule has 0 spiro atoms. The van der Waals surface area contributed by atoms with E-state index in [1.807, 2.05) is 0 Å². The SMILES string of the molecule is CCCNC(c1cc(Br)sc1C)C(C(F)(F)F)C(F)(F)F. The van der Waals surface area contributed by atoms with Crippen molar-refractivity contribution in [1.82, 2.24) is 5.32 Å². The topological polar surface area (TPSA) is 12.0 Å². The lowest BCUT2D eigenvalue weighted by Crippen LogP contribution is -2.46. The summed E-state index contributed by atoms with van der Waals surface area (Å²) in [7, 11) is 0. The second-order valence-electron chi connectivity index (χ2n) is 4.55. The Bertz CT molecular complexity index is 453. The molecule has 0 aliphatic heterocycles. The summed E-state index contributed by atoms with van der Waals surface area (Å²) in [4.78, 5) is 0.425. The zero-order valence-corrected chi connectivity index (χ0v) is 13.6. The molecule has 0 amide bonds. The smallest absolute Gasteiger partial charge is 0.309 e. The van der Waals surface area contributed by atoms with Crippen LogP contribution in [0, 0.1) is 12.8 Å². The Morgan fingerprint density at radius 3 is 2.05 bits per heavy atom. The van der Waals surface area contributed by atoms with Gasteiger partial charge in [0.05, 0.1) is 9.83 Å². The molecule has 0 aliphatic carbocycles. The van der Waals surface area contributed by atoms with Crippen LogP contribution < -0.4 is 5.32 Å². The Morgan fingerprint density at radius 2 is 1.71 bits per heavy atom. The van der Waals surface area contributed by atoms with Gasteiger partial charge < -0.3 is 5.32 Å². The summed E-state index contributed by atoms with van der Waals surface area (Å²) in [5.41, 5.74) is 0.0278. The highest BCUT2D eigenvalue weighted by molar-refractivity contribution is 9.11. The molecule has 1 aromatic heterocycles. The van der Waals surface area contributed by atoms with Crippen LogP contribution in [0.2, 0.25) is 0 Å². The normalized spacial score (nSPS) is 14.8. The molecular formula is C12H14BrF6NS.